The molecule has 26 heavy (non-hydrogen) atoms. The fourth-order valence-corrected chi connectivity index (χ4v) is 2.90. The Kier molecular flexibility index (Phi) is 4.36. The summed E-state index contributed by atoms with van der Waals surface area (Å²) in [5.74, 6) is 1.15. The van der Waals surface area contributed by atoms with Gasteiger partial charge in [-0.3, -0.25) is 0 Å². The first-order valence-electron chi connectivity index (χ1n) is 8.83. The summed E-state index contributed by atoms with van der Waals surface area (Å²) in [4.78, 5) is 4.54. The smallest absolute Gasteiger partial charge is 0.258 e. The van der Waals surface area contributed by atoms with Gasteiger partial charge in [0.25, 0.3) is 5.89 Å². The Hall–Kier alpha value is -3.20. The molecule has 0 aliphatic rings. The van der Waals surface area contributed by atoms with Crippen molar-refractivity contribution in [3.05, 3.63) is 83.9 Å². The molecule has 128 valence electrons. The predicted octanol–water partition coefficient (Wildman–Crippen LogP) is 5.94. The summed E-state index contributed by atoms with van der Waals surface area (Å²) in [5.41, 5.74) is 6.81. The van der Waals surface area contributed by atoms with Gasteiger partial charge in [0, 0.05) is 11.1 Å². The summed E-state index contributed by atoms with van der Waals surface area (Å²) in [5, 5.41) is 4.12. The molecular weight excluding hydrogens is 320 g/mol. The van der Waals surface area contributed by atoms with Crippen molar-refractivity contribution in [2.45, 2.75) is 20.3 Å². The number of hydrogen-bond acceptors (Lipinski definition) is 3. The molecule has 3 nitrogen and oxygen atoms in total. The number of nitrogens with zero attached hydrogens (tertiary/aromatic N) is 2. The van der Waals surface area contributed by atoms with Crippen LogP contribution in [0.1, 0.15) is 18.1 Å². The Balaban J connectivity index is 1.58. The summed E-state index contributed by atoms with van der Waals surface area (Å²) in [6.07, 6.45) is 1.02. The molecule has 0 fully saturated rings. The van der Waals surface area contributed by atoms with E-state index in [-0.39, 0.29) is 0 Å². The number of aryl methyl sites for hydroxylation is 2. The molecule has 1 heterocycles. The van der Waals surface area contributed by atoms with E-state index in [1.165, 1.54) is 22.3 Å². The van der Waals surface area contributed by atoms with Crippen molar-refractivity contribution in [1.82, 2.24) is 10.1 Å². The first-order chi connectivity index (χ1) is 12.7. The van der Waals surface area contributed by atoms with Gasteiger partial charge in [0.05, 0.1) is 0 Å². The van der Waals surface area contributed by atoms with Crippen LogP contribution in [0.25, 0.3) is 34.0 Å². The molecule has 0 aliphatic heterocycles. The van der Waals surface area contributed by atoms with Crippen LogP contribution >= 0.6 is 0 Å². The summed E-state index contributed by atoms with van der Waals surface area (Å²) < 4.78 is 5.46. The Morgan fingerprint density at radius 2 is 1.23 bits per heavy atom. The maximum atomic E-state index is 5.46. The van der Waals surface area contributed by atoms with Crippen molar-refractivity contribution in [2.75, 3.05) is 0 Å². The van der Waals surface area contributed by atoms with E-state index in [4.69, 9.17) is 4.52 Å². The van der Waals surface area contributed by atoms with Gasteiger partial charge < -0.3 is 4.52 Å². The molecule has 3 aromatic carbocycles. The maximum Gasteiger partial charge on any atom is 0.258 e. The first-order valence-corrected chi connectivity index (χ1v) is 8.83. The largest absolute Gasteiger partial charge is 0.334 e. The van der Waals surface area contributed by atoms with E-state index < -0.39 is 0 Å². The third-order valence-corrected chi connectivity index (χ3v) is 4.56. The first kappa shape index (κ1) is 16.3. The summed E-state index contributed by atoms with van der Waals surface area (Å²) in [7, 11) is 0. The summed E-state index contributed by atoms with van der Waals surface area (Å²) in [6.45, 7) is 4.23. The normalized spacial score (nSPS) is 10.8. The van der Waals surface area contributed by atoms with E-state index in [0.29, 0.717) is 11.7 Å². The molecule has 3 heteroatoms. The maximum absolute atomic E-state index is 5.46. The zero-order valence-corrected chi connectivity index (χ0v) is 14.9. The summed E-state index contributed by atoms with van der Waals surface area (Å²) in [6, 6.07) is 25.0. The van der Waals surface area contributed by atoms with Gasteiger partial charge in [0.2, 0.25) is 5.82 Å². The topological polar surface area (TPSA) is 38.9 Å². The Morgan fingerprint density at radius 1 is 0.692 bits per heavy atom. The van der Waals surface area contributed by atoms with E-state index >= 15 is 0 Å². The second-order valence-electron chi connectivity index (χ2n) is 6.42. The highest BCUT2D eigenvalue weighted by Gasteiger charge is 2.11. The highest BCUT2D eigenvalue weighted by molar-refractivity contribution is 5.68. The Labute approximate surface area is 153 Å². The van der Waals surface area contributed by atoms with Gasteiger partial charge in [0.15, 0.2) is 0 Å². The zero-order valence-electron chi connectivity index (χ0n) is 14.9. The molecule has 0 amide bonds. The quantitative estimate of drug-likeness (QED) is 0.461. The van der Waals surface area contributed by atoms with E-state index in [0.717, 1.165) is 17.5 Å². The molecule has 0 spiro atoms. The van der Waals surface area contributed by atoms with Crippen LogP contribution in [0.3, 0.4) is 0 Å². The fourth-order valence-electron chi connectivity index (χ4n) is 2.90. The van der Waals surface area contributed by atoms with Crippen LogP contribution in [0.4, 0.5) is 0 Å². The van der Waals surface area contributed by atoms with Crippen LogP contribution < -0.4 is 0 Å². The van der Waals surface area contributed by atoms with Gasteiger partial charge in [-0.2, -0.15) is 4.98 Å². The van der Waals surface area contributed by atoms with E-state index in [1.807, 2.05) is 24.3 Å². The molecule has 4 rings (SSSR count). The molecule has 0 N–H and O–H groups in total. The lowest BCUT2D eigenvalue weighted by Gasteiger charge is -2.03. The minimum Gasteiger partial charge on any atom is -0.334 e. The average molecular weight is 340 g/mol. The molecule has 0 bridgehead atoms. The number of rotatable bonds is 4. The molecule has 0 unspecified atom stereocenters. The van der Waals surface area contributed by atoms with Gasteiger partial charge in [-0.1, -0.05) is 78.3 Å². The van der Waals surface area contributed by atoms with Crippen LogP contribution in [0.15, 0.2) is 77.3 Å². The fraction of sp³-hybridized carbons (Fsp3) is 0.130. The molecule has 1 aromatic heterocycles. The summed E-state index contributed by atoms with van der Waals surface area (Å²) >= 11 is 0. The van der Waals surface area contributed by atoms with Crippen molar-refractivity contribution >= 4 is 0 Å². The van der Waals surface area contributed by atoms with Gasteiger partial charge in [-0.05, 0) is 42.2 Å². The molecule has 0 radical (unpaired) electrons. The van der Waals surface area contributed by atoms with Crippen molar-refractivity contribution in [3.63, 3.8) is 0 Å². The van der Waals surface area contributed by atoms with Crippen LogP contribution in [0.5, 0.6) is 0 Å². The molecule has 0 saturated carbocycles. The predicted molar refractivity (Wildman–Crippen MR) is 105 cm³/mol. The zero-order chi connectivity index (χ0) is 17.9. The molecular formula is C23H20N2O. The third kappa shape index (κ3) is 3.29. The molecule has 0 atom stereocenters. The minimum atomic E-state index is 0.537. The Bertz CT molecular complexity index is 998. The minimum absolute atomic E-state index is 0.537. The van der Waals surface area contributed by atoms with E-state index in [1.54, 1.807) is 0 Å². The second kappa shape index (κ2) is 6.96. The average Bonchev–Trinajstić information content (AvgIpc) is 3.19. The lowest BCUT2D eigenvalue weighted by atomic mass is 10.0. The van der Waals surface area contributed by atoms with E-state index in [2.05, 4.69) is 72.5 Å². The lowest BCUT2D eigenvalue weighted by molar-refractivity contribution is 0.432. The second-order valence-corrected chi connectivity index (χ2v) is 6.42. The monoisotopic (exact) mass is 340 g/mol. The van der Waals surface area contributed by atoms with Crippen LogP contribution in [-0.2, 0) is 6.42 Å². The van der Waals surface area contributed by atoms with Crippen molar-refractivity contribution in [2.24, 2.45) is 0 Å². The van der Waals surface area contributed by atoms with Crippen LogP contribution in [0.2, 0.25) is 0 Å². The van der Waals surface area contributed by atoms with E-state index in [9.17, 15) is 0 Å². The number of hydrogen-bond donors (Lipinski definition) is 0. The molecule has 4 aromatic rings. The lowest BCUT2D eigenvalue weighted by Crippen LogP contribution is -1.84. The third-order valence-electron chi connectivity index (χ3n) is 4.56. The standard InChI is InChI=1S/C23H20N2O/c1-3-17-6-10-20(11-7-17)22-24-23(26-25-22)21-14-12-19(13-15-21)18-8-4-16(2)5-9-18/h4-15H,3H2,1-2H3. The number of benzene rings is 3. The highest BCUT2D eigenvalue weighted by atomic mass is 16.5. The van der Waals surface area contributed by atoms with Crippen molar-refractivity contribution in [1.29, 1.82) is 0 Å². The van der Waals surface area contributed by atoms with Crippen molar-refractivity contribution in [3.8, 4) is 34.0 Å². The van der Waals surface area contributed by atoms with Crippen LogP contribution in [0, 0.1) is 6.92 Å². The Morgan fingerprint density at radius 3 is 1.85 bits per heavy atom. The van der Waals surface area contributed by atoms with Crippen LogP contribution in [-0.4, -0.2) is 10.1 Å². The van der Waals surface area contributed by atoms with Gasteiger partial charge in [0.1, 0.15) is 0 Å². The molecule has 0 aliphatic carbocycles. The van der Waals surface area contributed by atoms with Gasteiger partial charge in [-0.25, -0.2) is 0 Å². The van der Waals surface area contributed by atoms with Crippen molar-refractivity contribution < 1.29 is 4.52 Å². The highest BCUT2D eigenvalue weighted by Crippen LogP contribution is 2.26. The molecule has 0 saturated heterocycles. The number of aromatic nitrogens is 2. The SMILES string of the molecule is CCc1ccc(-c2noc(-c3ccc(-c4ccc(C)cc4)cc3)n2)cc1. The van der Waals surface area contributed by atoms with Gasteiger partial charge in [-0.15, -0.1) is 0 Å². The van der Waals surface area contributed by atoms with Gasteiger partial charge >= 0.3 is 0 Å².